The molecule has 0 radical (unpaired) electrons. The standard InChI is InChI=1S/C9H14ClN3O/c1-7(10)9(14)12-4-3-8-11-5-6-13(8)2/h5-7H,3-4H2,1-2H3,(H,12,14). The second-order valence-corrected chi connectivity index (χ2v) is 3.77. The van der Waals surface area contributed by atoms with Crippen molar-refractivity contribution in [3.63, 3.8) is 0 Å². The van der Waals surface area contributed by atoms with Crippen LogP contribution in [0.5, 0.6) is 0 Å². The zero-order valence-corrected chi connectivity index (χ0v) is 9.08. The molecule has 5 heteroatoms. The fraction of sp³-hybridized carbons (Fsp3) is 0.556. The number of imidazole rings is 1. The van der Waals surface area contributed by atoms with Crippen molar-refractivity contribution in [3.8, 4) is 0 Å². The van der Waals surface area contributed by atoms with Gasteiger partial charge in [-0.1, -0.05) is 0 Å². The molecule has 0 bridgehead atoms. The molecule has 1 aromatic heterocycles. The highest BCUT2D eigenvalue weighted by Gasteiger charge is 2.07. The van der Waals surface area contributed by atoms with Gasteiger partial charge in [0, 0.05) is 32.4 Å². The molecule has 0 aliphatic carbocycles. The quantitative estimate of drug-likeness (QED) is 0.752. The van der Waals surface area contributed by atoms with E-state index in [-0.39, 0.29) is 5.91 Å². The SMILES string of the molecule is CC(Cl)C(=O)NCCc1nccn1C. The van der Waals surface area contributed by atoms with Gasteiger partial charge in [0.2, 0.25) is 5.91 Å². The van der Waals surface area contributed by atoms with Gasteiger partial charge in [0.1, 0.15) is 11.2 Å². The highest BCUT2D eigenvalue weighted by atomic mass is 35.5. The van der Waals surface area contributed by atoms with E-state index in [9.17, 15) is 4.79 Å². The van der Waals surface area contributed by atoms with E-state index in [0.29, 0.717) is 6.54 Å². The summed E-state index contributed by atoms with van der Waals surface area (Å²) in [5.41, 5.74) is 0. The summed E-state index contributed by atoms with van der Waals surface area (Å²) in [5, 5.41) is 2.25. The summed E-state index contributed by atoms with van der Waals surface area (Å²) in [4.78, 5) is 15.2. The molecule has 0 aliphatic heterocycles. The molecule has 0 saturated heterocycles. The summed E-state index contributed by atoms with van der Waals surface area (Å²) in [5.74, 6) is 0.813. The van der Waals surface area contributed by atoms with Gasteiger partial charge >= 0.3 is 0 Å². The highest BCUT2D eigenvalue weighted by Crippen LogP contribution is 1.95. The maximum atomic E-state index is 11.1. The number of alkyl halides is 1. The second kappa shape index (κ2) is 5.00. The molecule has 0 aromatic carbocycles. The van der Waals surface area contributed by atoms with Crippen molar-refractivity contribution in [2.24, 2.45) is 7.05 Å². The third-order valence-electron chi connectivity index (χ3n) is 1.93. The van der Waals surface area contributed by atoms with Crippen molar-refractivity contribution in [2.45, 2.75) is 18.7 Å². The maximum absolute atomic E-state index is 11.1. The lowest BCUT2D eigenvalue weighted by atomic mass is 10.3. The van der Waals surface area contributed by atoms with Crippen LogP contribution in [-0.4, -0.2) is 27.4 Å². The van der Waals surface area contributed by atoms with Crippen molar-refractivity contribution in [1.29, 1.82) is 0 Å². The Kier molecular flexibility index (Phi) is 3.95. The van der Waals surface area contributed by atoms with E-state index in [4.69, 9.17) is 11.6 Å². The third kappa shape index (κ3) is 3.03. The average Bonchev–Trinajstić information content (AvgIpc) is 2.51. The molecule has 0 fully saturated rings. The third-order valence-corrected chi connectivity index (χ3v) is 2.13. The number of aryl methyl sites for hydroxylation is 1. The first-order valence-corrected chi connectivity index (χ1v) is 4.93. The van der Waals surface area contributed by atoms with Crippen LogP contribution in [0, 0.1) is 0 Å². The van der Waals surface area contributed by atoms with Gasteiger partial charge in [-0.15, -0.1) is 11.6 Å². The second-order valence-electron chi connectivity index (χ2n) is 3.11. The first-order chi connectivity index (χ1) is 6.61. The van der Waals surface area contributed by atoms with Crippen LogP contribution in [0.2, 0.25) is 0 Å². The van der Waals surface area contributed by atoms with Crippen molar-refractivity contribution in [3.05, 3.63) is 18.2 Å². The van der Waals surface area contributed by atoms with Crippen molar-refractivity contribution in [1.82, 2.24) is 14.9 Å². The number of halogens is 1. The lowest BCUT2D eigenvalue weighted by molar-refractivity contribution is -0.120. The van der Waals surface area contributed by atoms with Gasteiger partial charge in [-0.3, -0.25) is 4.79 Å². The molecule has 1 unspecified atom stereocenters. The summed E-state index contributed by atoms with van der Waals surface area (Å²) in [7, 11) is 1.92. The van der Waals surface area contributed by atoms with Gasteiger partial charge in [0.25, 0.3) is 0 Å². The lowest BCUT2D eigenvalue weighted by Crippen LogP contribution is -2.31. The molecule has 0 spiro atoms. The summed E-state index contributed by atoms with van der Waals surface area (Å²) in [6, 6.07) is 0. The minimum absolute atomic E-state index is 0.138. The highest BCUT2D eigenvalue weighted by molar-refractivity contribution is 6.30. The summed E-state index contributed by atoms with van der Waals surface area (Å²) < 4.78 is 1.93. The predicted octanol–water partition coefficient (Wildman–Crippen LogP) is 0.706. The molecular formula is C9H14ClN3O. The number of rotatable bonds is 4. The van der Waals surface area contributed by atoms with Crippen LogP contribution in [-0.2, 0) is 18.3 Å². The van der Waals surface area contributed by atoms with Crippen LogP contribution in [0.1, 0.15) is 12.7 Å². The van der Waals surface area contributed by atoms with E-state index in [1.807, 2.05) is 17.8 Å². The zero-order valence-electron chi connectivity index (χ0n) is 8.33. The molecule has 1 N–H and O–H groups in total. The van der Waals surface area contributed by atoms with Gasteiger partial charge < -0.3 is 9.88 Å². The van der Waals surface area contributed by atoms with Crippen LogP contribution in [0.25, 0.3) is 0 Å². The Balaban J connectivity index is 2.29. The van der Waals surface area contributed by atoms with Gasteiger partial charge in [-0.25, -0.2) is 4.98 Å². The fourth-order valence-corrected chi connectivity index (χ4v) is 1.15. The number of carbonyl (C=O) groups is 1. The molecule has 1 aromatic rings. The van der Waals surface area contributed by atoms with Crippen molar-refractivity contribution in [2.75, 3.05) is 6.54 Å². The predicted molar refractivity (Wildman–Crippen MR) is 55.2 cm³/mol. The summed E-state index contributed by atoms with van der Waals surface area (Å²) in [6.45, 7) is 2.22. The van der Waals surface area contributed by atoms with E-state index in [1.165, 1.54) is 0 Å². The molecule has 14 heavy (non-hydrogen) atoms. The van der Waals surface area contributed by atoms with Crippen LogP contribution < -0.4 is 5.32 Å². The average molecular weight is 216 g/mol. The molecule has 1 atom stereocenters. The number of aromatic nitrogens is 2. The number of hydrogen-bond donors (Lipinski definition) is 1. The Morgan fingerprint density at radius 1 is 1.79 bits per heavy atom. The molecule has 1 heterocycles. The van der Waals surface area contributed by atoms with E-state index in [2.05, 4.69) is 10.3 Å². The van der Waals surface area contributed by atoms with Gasteiger partial charge in [-0.05, 0) is 6.92 Å². The summed E-state index contributed by atoms with van der Waals surface area (Å²) in [6.07, 6.45) is 4.33. The minimum atomic E-state index is -0.476. The number of nitrogens with zero attached hydrogens (tertiary/aromatic N) is 2. The Morgan fingerprint density at radius 3 is 3.00 bits per heavy atom. The molecule has 0 saturated carbocycles. The van der Waals surface area contributed by atoms with Crippen molar-refractivity contribution < 1.29 is 4.79 Å². The van der Waals surface area contributed by atoms with Gasteiger partial charge in [-0.2, -0.15) is 0 Å². The topological polar surface area (TPSA) is 46.9 Å². The first kappa shape index (κ1) is 11.0. The number of amides is 1. The van der Waals surface area contributed by atoms with Gasteiger partial charge in [0.05, 0.1) is 0 Å². The number of hydrogen-bond acceptors (Lipinski definition) is 2. The van der Waals surface area contributed by atoms with Crippen LogP contribution in [0.4, 0.5) is 0 Å². The minimum Gasteiger partial charge on any atom is -0.354 e. The molecule has 1 rings (SSSR count). The Labute approximate surface area is 88.3 Å². The molecule has 4 nitrogen and oxygen atoms in total. The molecular weight excluding hydrogens is 202 g/mol. The smallest absolute Gasteiger partial charge is 0.237 e. The van der Waals surface area contributed by atoms with E-state index >= 15 is 0 Å². The summed E-state index contributed by atoms with van der Waals surface area (Å²) >= 11 is 5.59. The molecule has 0 aliphatic rings. The van der Waals surface area contributed by atoms with E-state index in [1.54, 1.807) is 13.1 Å². The van der Waals surface area contributed by atoms with E-state index in [0.717, 1.165) is 12.2 Å². The lowest BCUT2D eigenvalue weighted by Gasteiger charge is -2.06. The first-order valence-electron chi connectivity index (χ1n) is 4.49. The Bertz CT molecular complexity index is 309. The van der Waals surface area contributed by atoms with Crippen LogP contribution >= 0.6 is 11.6 Å². The van der Waals surface area contributed by atoms with Crippen LogP contribution in [0.15, 0.2) is 12.4 Å². The molecule has 1 amide bonds. The van der Waals surface area contributed by atoms with Crippen molar-refractivity contribution >= 4 is 17.5 Å². The molecule has 78 valence electrons. The number of nitrogens with one attached hydrogen (secondary N) is 1. The zero-order chi connectivity index (χ0) is 10.6. The van der Waals surface area contributed by atoms with E-state index < -0.39 is 5.38 Å². The normalized spacial score (nSPS) is 12.5. The number of carbonyl (C=O) groups excluding carboxylic acids is 1. The fourth-order valence-electron chi connectivity index (χ4n) is 1.08. The monoisotopic (exact) mass is 215 g/mol. The Morgan fingerprint density at radius 2 is 2.50 bits per heavy atom. The Hall–Kier alpha value is -1.03. The van der Waals surface area contributed by atoms with Gasteiger partial charge in [0.15, 0.2) is 0 Å². The van der Waals surface area contributed by atoms with Crippen LogP contribution in [0.3, 0.4) is 0 Å². The maximum Gasteiger partial charge on any atom is 0.237 e. The largest absolute Gasteiger partial charge is 0.354 e.